The van der Waals surface area contributed by atoms with Gasteiger partial charge in [-0.3, -0.25) is 9.48 Å². The molecule has 138 valence electrons. The van der Waals surface area contributed by atoms with E-state index in [2.05, 4.69) is 22.3 Å². The van der Waals surface area contributed by atoms with Crippen molar-refractivity contribution >= 4 is 27.8 Å². The van der Waals surface area contributed by atoms with Gasteiger partial charge in [0.05, 0.1) is 16.6 Å². The molecular formula is C21H23N5O. The second-order valence-corrected chi connectivity index (χ2v) is 6.72. The first-order valence-electron chi connectivity index (χ1n) is 9.34. The van der Waals surface area contributed by atoms with E-state index in [1.807, 2.05) is 55.3 Å². The quantitative estimate of drug-likeness (QED) is 0.567. The number of carbonyl (C=O) groups excluding carboxylic acids is 1. The van der Waals surface area contributed by atoms with E-state index in [0.717, 1.165) is 51.6 Å². The van der Waals surface area contributed by atoms with Crippen LogP contribution in [0.4, 0.5) is 0 Å². The summed E-state index contributed by atoms with van der Waals surface area (Å²) in [5, 5.41) is 8.28. The maximum atomic E-state index is 12.3. The van der Waals surface area contributed by atoms with Gasteiger partial charge < -0.3 is 10.4 Å². The normalized spacial score (nSPS) is 11.4. The second kappa shape index (κ2) is 6.87. The van der Waals surface area contributed by atoms with Crippen LogP contribution in [0, 0.1) is 0 Å². The van der Waals surface area contributed by atoms with Crippen molar-refractivity contribution in [1.29, 1.82) is 0 Å². The monoisotopic (exact) mass is 361 g/mol. The van der Waals surface area contributed by atoms with Gasteiger partial charge in [0.1, 0.15) is 0 Å². The van der Waals surface area contributed by atoms with Gasteiger partial charge >= 0.3 is 0 Å². The van der Waals surface area contributed by atoms with Gasteiger partial charge in [-0.25, -0.2) is 9.97 Å². The van der Waals surface area contributed by atoms with Gasteiger partial charge in [-0.15, -0.1) is 0 Å². The third-order valence-electron chi connectivity index (χ3n) is 4.90. The SMILES string of the molecule is CCCNC(=O)c1cccc(-c2nc3ncc4c[nH]n(C)c4c3c2CC)c1. The molecule has 4 aromatic rings. The van der Waals surface area contributed by atoms with Crippen LogP contribution in [0.25, 0.3) is 33.2 Å². The maximum Gasteiger partial charge on any atom is 0.251 e. The van der Waals surface area contributed by atoms with Crippen LogP contribution in [0.1, 0.15) is 36.2 Å². The van der Waals surface area contributed by atoms with Crippen molar-refractivity contribution in [3.8, 4) is 11.3 Å². The predicted molar refractivity (Wildman–Crippen MR) is 108 cm³/mol. The molecule has 0 atom stereocenters. The Hall–Kier alpha value is -3.15. The van der Waals surface area contributed by atoms with E-state index in [1.165, 1.54) is 0 Å². The summed E-state index contributed by atoms with van der Waals surface area (Å²) in [6.07, 6.45) is 5.55. The second-order valence-electron chi connectivity index (χ2n) is 6.72. The highest BCUT2D eigenvalue weighted by atomic mass is 16.1. The molecule has 3 heterocycles. The van der Waals surface area contributed by atoms with Gasteiger partial charge in [-0.1, -0.05) is 26.0 Å². The predicted octanol–water partition coefficient (Wildman–Crippen LogP) is 3.82. The van der Waals surface area contributed by atoms with Crippen molar-refractivity contribution in [3.05, 3.63) is 47.8 Å². The molecule has 6 nitrogen and oxygen atoms in total. The first-order valence-corrected chi connectivity index (χ1v) is 9.34. The van der Waals surface area contributed by atoms with Crippen molar-refractivity contribution in [3.63, 3.8) is 0 Å². The Morgan fingerprint density at radius 2 is 2.15 bits per heavy atom. The van der Waals surface area contributed by atoms with Crippen molar-refractivity contribution in [2.45, 2.75) is 26.7 Å². The van der Waals surface area contributed by atoms with E-state index in [9.17, 15) is 4.79 Å². The Morgan fingerprint density at radius 1 is 1.30 bits per heavy atom. The van der Waals surface area contributed by atoms with Crippen molar-refractivity contribution in [2.24, 2.45) is 7.05 Å². The Labute approximate surface area is 157 Å². The Morgan fingerprint density at radius 3 is 2.93 bits per heavy atom. The van der Waals surface area contributed by atoms with Crippen molar-refractivity contribution in [2.75, 3.05) is 6.54 Å². The summed E-state index contributed by atoms with van der Waals surface area (Å²) in [5.74, 6) is -0.0505. The number of nitrogens with one attached hydrogen (secondary N) is 2. The molecule has 0 spiro atoms. The van der Waals surface area contributed by atoms with E-state index < -0.39 is 0 Å². The third-order valence-corrected chi connectivity index (χ3v) is 4.90. The summed E-state index contributed by atoms with van der Waals surface area (Å²) in [6.45, 7) is 4.84. The molecule has 2 N–H and O–H groups in total. The van der Waals surface area contributed by atoms with E-state index in [0.29, 0.717) is 12.1 Å². The summed E-state index contributed by atoms with van der Waals surface area (Å²) < 4.78 is 2.00. The summed E-state index contributed by atoms with van der Waals surface area (Å²) in [7, 11) is 1.99. The molecule has 1 aromatic carbocycles. The fraction of sp³-hybridized carbons (Fsp3) is 0.286. The Balaban J connectivity index is 1.88. The molecule has 0 aliphatic rings. The number of rotatable bonds is 5. The lowest BCUT2D eigenvalue weighted by molar-refractivity contribution is 0.0953. The number of carbonyl (C=O) groups is 1. The number of pyridine rings is 1. The van der Waals surface area contributed by atoms with E-state index in [-0.39, 0.29) is 5.91 Å². The lowest BCUT2D eigenvalue weighted by atomic mass is 10.0. The molecule has 0 saturated carbocycles. The van der Waals surface area contributed by atoms with Gasteiger partial charge in [0.25, 0.3) is 5.91 Å². The molecule has 0 aliphatic carbocycles. The summed E-state index contributed by atoms with van der Waals surface area (Å²) >= 11 is 0. The lowest BCUT2D eigenvalue weighted by Gasteiger charge is -2.07. The van der Waals surface area contributed by atoms with Crippen molar-refractivity contribution < 1.29 is 4.79 Å². The highest BCUT2D eigenvalue weighted by molar-refractivity contribution is 6.07. The number of hydrogen-bond acceptors (Lipinski definition) is 3. The number of hydrogen-bond donors (Lipinski definition) is 2. The first kappa shape index (κ1) is 17.3. The summed E-state index contributed by atoms with van der Waals surface area (Å²) in [4.78, 5) is 21.7. The maximum absolute atomic E-state index is 12.3. The van der Waals surface area contributed by atoms with Gasteiger partial charge in [0.2, 0.25) is 0 Å². The zero-order valence-corrected chi connectivity index (χ0v) is 15.8. The van der Waals surface area contributed by atoms with E-state index >= 15 is 0 Å². The Bertz CT molecular complexity index is 1140. The molecule has 0 aliphatic heterocycles. The average molecular weight is 361 g/mol. The molecule has 27 heavy (non-hydrogen) atoms. The molecule has 0 unspecified atom stereocenters. The van der Waals surface area contributed by atoms with Crippen LogP contribution in [0.5, 0.6) is 0 Å². The molecular weight excluding hydrogens is 338 g/mol. The topological polar surface area (TPSA) is 75.6 Å². The van der Waals surface area contributed by atoms with Crippen LogP contribution in [0.3, 0.4) is 0 Å². The minimum atomic E-state index is -0.0505. The zero-order chi connectivity index (χ0) is 19.0. The first-order chi connectivity index (χ1) is 13.1. The van der Waals surface area contributed by atoms with Gasteiger partial charge in [0.15, 0.2) is 5.65 Å². The number of fused-ring (bicyclic) bond motifs is 3. The summed E-state index contributed by atoms with van der Waals surface area (Å²) in [6, 6.07) is 7.67. The number of amides is 1. The fourth-order valence-corrected chi connectivity index (χ4v) is 3.59. The molecule has 4 rings (SSSR count). The molecule has 0 bridgehead atoms. The number of benzene rings is 1. The standard InChI is InChI=1S/C21H23N5O/c1-4-9-22-21(27)14-8-6-7-13(10-14)18-16(5-2)17-19-15(12-24-26(19)3)11-23-20(17)25-18/h6-8,10-12,24H,4-5,9H2,1-3H3,(H,22,27). The summed E-state index contributed by atoms with van der Waals surface area (Å²) in [5.41, 5.74) is 5.50. The minimum absolute atomic E-state index is 0.0505. The molecule has 0 saturated heterocycles. The number of aromatic nitrogens is 4. The van der Waals surface area contributed by atoms with E-state index in [4.69, 9.17) is 4.98 Å². The van der Waals surface area contributed by atoms with Crippen LogP contribution in [0.15, 0.2) is 36.7 Å². The molecule has 0 radical (unpaired) electrons. The van der Waals surface area contributed by atoms with Crippen molar-refractivity contribution in [1.82, 2.24) is 25.1 Å². The largest absolute Gasteiger partial charge is 0.352 e. The third kappa shape index (κ3) is 2.87. The molecule has 0 fully saturated rings. The highest BCUT2D eigenvalue weighted by Gasteiger charge is 2.19. The molecule has 1 amide bonds. The molecule has 3 aromatic heterocycles. The number of aryl methyl sites for hydroxylation is 2. The Kier molecular flexibility index (Phi) is 4.39. The van der Waals surface area contributed by atoms with Crippen LogP contribution >= 0.6 is 0 Å². The van der Waals surface area contributed by atoms with Crippen LogP contribution in [-0.2, 0) is 13.5 Å². The van der Waals surface area contributed by atoms with Crippen LogP contribution in [-0.4, -0.2) is 32.2 Å². The minimum Gasteiger partial charge on any atom is -0.352 e. The molecule has 6 heteroatoms. The van der Waals surface area contributed by atoms with Gasteiger partial charge in [0, 0.05) is 42.5 Å². The number of nitrogens with zero attached hydrogens (tertiary/aromatic N) is 3. The zero-order valence-electron chi connectivity index (χ0n) is 15.8. The lowest BCUT2D eigenvalue weighted by Crippen LogP contribution is -2.23. The fourth-order valence-electron chi connectivity index (χ4n) is 3.59. The van der Waals surface area contributed by atoms with E-state index in [1.54, 1.807) is 0 Å². The van der Waals surface area contributed by atoms with Crippen LogP contribution in [0.2, 0.25) is 0 Å². The number of H-pyrrole nitrogens is 1. The average Bonchev–Trinajstić information content (AvgIpc) is 3.26. The highest BCUT2D eigenvalue weighted by Crippen LogP contribution is 2.34. The smallest absolute Gasteiger partial charge is 0.251 e. The van der Waals surface area contributed by atoms with Crippen LogP contribution < -0.4 is 5.32 Å². The number of aromatic amines is 1. The van der Waals surface area contributed by atoms with Gasteiger partial charge in [-0.05, 0) is 30.5 Å². The van der Waals surface area contributed by atoms with Gasteiger partial charge in [-0.2, -0.15) is 0 Å².